The van der Waals surface area contributed by atoms with Gasteiger partial charge in [-0.25, -0.2) is 9.78 Å². The lowest BCUT2D eigenvalue weighted by atomic mass is 10.0. The van der Waals surface area contributed by atoms with Crippen LogP contribution in [0.5, 0.6) is 0 Å². The monoisotopic (exact) mass is 419 g/mol. The Kier molecular flexibility index (Phi) is 5.84. The second-order valence-electron chi connectivity index (χ2n) is 7.92. The standard InChI is InChI=1S/C24H25N3O4/c1-15(17-7-4-3-5-8-17)14-25-22(28)16(2)31-24(30)18-10-11-19-20(13-18)26-21-9-6-12-27(21)23(19)29/h3-5,7-8,10-11,13,15-16H,6,9,12,14H2,1-2H3,(H,25,28)/t15-,16+/m0/s1. The number of amides is 1. The van der Waals surface area contributed by atoms with E-state index < -0.39 is 12.1 Å². The molecule has 0 fully saturated rings. The van der Waals surface area contributed by atoms with Crippen molar-refractivity contribution in [2.45, 2.75) is 45.3 Å². The highest BCUT2D eigenvalue weighted by Crippen LogP contribution is 2.17. The van der Waals surface area contributed by atoms with Crippen LogP contribution in [-0.4, -0.2) is 34.1 Å². The van der Waals surface area contributed by atoms with Gasteiger partial charge in [0.15, 0.2) is 6.10 Å². The van der Waals surface area contributed by atoms with Crippen LogP contribution in [0.1, 0.15) is 47.9 Å². The summed E-state index contributed by atoms with van der Waals surface area (Å²) in [7, 11) is 0. The van der Waals surface area contributed by atoms with Gasteiger partial charge < -0.3 is 10.1 Å². The fourth-order valence-corrected chi connectivity index (χ4v) is 3.79. The molecule has 1 aromatic heterocycles. The Morgan fingerprint density at radius 2 is 1.94 bits per heavy atom. The van der Waals surface area contributed by atoms with Gasteiger partial charge in [-0.3, -0.25) is 14.2 Å². The molecule has 0 radical (unpaired) electrons. The van der Waals surface area contributed by atoms with Gasteiger partial charge in [0, 0.05) is 19.5 Å². The number of aromatic nitrogens is 2. The van der Waals surface area contributed by atoms with Gasteiger partial charge in [-0.15, -0.1) is 0 Å². The Morgan fingerprint density at radius 3 is 2.71 bits per heavy atom. The van der Waals surface area contributed by atoms with Gasteiger partial charge in [-0.05, 0) is 43.0 Å². The summed E-state index contributed by atoms with van der Waals surface area (Å²) in [6, 6.07) is 14.6. The minimum atomic E-state index is -0.940. The number of esters is 1. The first-order valence-electron chi connectivity index (χ1n) is 10.5. The number of benzene rings is 2. The Labute approximate surface area is 180 Å². The van der Waals surface area contributed by atoms with Crippen molar-refractivity contribution in [3.05, 3.63) is 75.8 Å². The first-order valence-corrected chi connectivity index (χ1v) is 10.5. The van der Waals surface area contributed by atoms with Gasteiger partial charge in [0.25, 0.3) is 11.5 Å². The fraction of sp³-hybridized carbons (Fsp3) is 0.333. The van der Waals surface area contributed by atoms with Crippen molar-refractivity contribution in [1.82, 2.24) is 14.9 Å². The molecule has 1 amide bonds. The van der Waals surface area contributed by atoms with Crippen LogP contribution in [0.4, 0.5) is 0 Å². The highest BCUT2D eigenvalue weighted by atomic mass is 16.5. The topological polar surface area (TPSA) is 90.3 Å². The van der Waals surface area contributed by atoms with Gasteiger partial charge in [-0.1, -0.05) is 37.3 Å². The molecule has 7 nitrogen and oxygen atoms in total. The Morgan fingerprint density at radius 1 is 1.16 bits per heavy atom. The molecule has 31 heavy (non-hydrogen) atoms. The van der Waals surface area contributed by atoms with Gasteiger partial charge in [0.2, 0.25) is 0 Å². The molecule has 1 aliphatic heterocycles. The molecule has 2 atom stereocenters. The van der Waals surface area contributed by atoms with Crippen LogP contribution in [0.3, 0.4) is 0 Å². The zero-order chi connectivity index (χ0) is 22.0. The molecular formula is C24H25N3O4. The van der Waals surface area contributed by atoms with E-state index in [1.54, 1.807) is 23.6 Å². The normalized spacial score (nSPS) is 14.6. The Hall–Kier alpha value is -3.48. The van der Waals surface area contributed by atoms with E-state index in [-0.39, 0.29) is 22.9 Å². The number of hydrogen-bond donors (Lipinski definition) is 1. The molecule has 1 aliphatic rings. The van der Waals surface area contributed by atoms with Crippen LogP contribution in [-0.2, 0) is 22.5 Å². The predicted octanol–water partition coefficient (Wildman–Crippen LogP) is 2.81. The van der Waals surface area contributed by atoms with E-state index in [2.05, 4.69) is 10.3 Å². The third-order valence-electron chi connectivity index (χ3n) is 5.66. The number of nitrogens with one attached hydrogen (secondary N) is 1. The average molecular weight is 419 g/mol. The molecule has 0 aliphatic carbocycles. The SMILES string of the molecule is C[C@@H](OC(=O)c1ccc2c(=O)n3c(nc2c1)CCC3)C(=O)NC[C@H](C)c1ccccc1. The van der Waals surface area contributed by atoms with E-state index in [0.29, 0.717) is 24.0 Å². The van der Waals surface area contributed by atoms with Crippen LogP contribution in [0.25, 0.3) is 10.9 Å². The van der Waals surface area contributed by atoms with Gasteiger partial charge in [0.1, 0.15) is 5.82 Å². The maximum Gasteiger partial charge on any atom is 0.338 e. The number of rotatable bonds is 6. The summed E-state index contributed by atoms with van der Waals surface area (Å²) in [5, 5.41) is 3.31. The third kappa shape index (κ3) is 4.35. The number of carbonyl (C=O) groups is 2. The zero-order valence-corrected chi connectivity index (χ0v) is 17.6. The second-order valence-corrected chi connectivity index (χ2v) is 7.92. The zero-order valence-electron chi connectivity index (χ0n) is 17.6. The summed E-state index contributed by atoms with van der Waals surface area (Å²) in [4.78, 5) is 42.0. The Balaban J connectivity index is 1.40. The smallest absolute Gasteiger partial charge is 0.338 e. The second kappa shape index (κ2) is 8.71. The lowest BCUT2D eigenvalue weighted by Crippen LogP contribution is -2.37. The predicted molar refractivity (Wildman–Crippen MR) is 117 cm³/mol. The largest absolute Gasteiger partial charge is 0.449 e. The minimum absolute atomic E-state index is 0.0855. The van der Waals surface area contributed by atoms with Crippen molar-refractivity contribution in [2.24, 2.45) is 0 Å². The summed E-state index contributed by atoms with van der Waals surface area (Å²) in [5.74, 6) is -0.0991. The third-order valence-corrected chi connectivity index (χ3v) is 5.66. The molecule has 0 saturated heterocycles. The summed E-state index contributed by atoms with van der Waals surface area (Å²) in [6.07, 6.45) is 0.700. The maximum absolute atomic E-state index is 12.6. The molecule has 4 rings (SSSR count). The van der Waals surface area contributed by atoms with Crippen LogP contribution < -0.4 is 10.9 Å². The maximum atomic E-state index is 12.6. The number of aryl methyl sites for hydroxylation is 1. The molecular weight excluding hydrogens is 394 g/mol. The van der Waals surface area contributed by atoms with E-state index in [9.17, 15) is 14.4 Å². The number of carbonyl (C=O) groups excluding carboxylic acids is 2. The van der Waals surface area contributed by atoms with Crippen LogP contribution >= 0.6 is 0 Å². The highest BCUT2D eigenvalue weighted by molar-refractivity contribution is 5.95. The van der Waals surface area contributed by atoms with E-state index in [1.807, 2.05) is 37.3 Å². The van der Waals surface area contributed by atoms with Gasteiger partial charge >= 0.3 is 5.97 Å². The van der Waals surface area contributed by atoms with E-state index in [0.717, 1.165) is 24.2 Å². The molecule has 1 N–H and O–H groups in total. The molecule has 2 heterocycles. The van der Waals surface area contributed by atoms with Crippen molar-refractivity contribution >= 4 is 22.8 Å². The van der Waals surface area contributed by atoms with E-state index in [1.165, 1.54) is 6.07 Å². The number of hydrogen-bond acceptors (Lipinski definition) is 5. The van der Waals surface area contributed by atoms with Gasteiger partial charge in [0.05, 0.1) is 16.5 Å². The number of nitrogens with zero attached hydrogens (tertiary/aromatic N) is 2. The van der Waals surface area contributed by atoms with Crippen molar-refractivity contribution in [3.8, 4) is 0 Å². The molecule has 7 heteroatoms. The van der Waals surface area contributed by atoms with Crippen molar-refractivity contribution in [2.75, 3.05) is 6.54 Å². The van der Waals surface area contributed by atoms with Crippen molar-refractivity contribution in [1.29, 1.82) is 0 Å². The summed E-state index contributed by atoms with van der Waals surface area (Å²) in [5.41, 5.74) is 1.78. The van der Waals surface area contributed by atoms with Crippen molar-refractivity contribution in [3.63, 3.8) is 0 Å². The lowest BCUT2D eigenvalue weighted by Gasteiger charge is -2.17. The molecule has 2 aromatic carbocycles. The number of ether oxygens (including phenoxy) is 1. The lowest BCUT2D eigenvalue weighted by molar-refractivity contribution is -0.129. The summed E-state index contributed by atoms with van der Waals surface area (Å²) in [6.45, 7) is 4.68. The van der Waals surface area contributed by atoms with E-state index in [4.69, 9.17) is 4.74 Å². The summed E-state index contributed by atoms with van der Waals surface area (Å²) >= 11 is 0. The van der Waals surface area contributed by atoms with Crippen LogP contribution in [0, 0.1) is 0 Å². The number of fused-ring (bicyclic) bond motifs is 2. The average Bonchev–Trinajstić information content (AvgIpc) is 3.26. The molecule has 0 saturated carbocycles. The molecule has 0 bridgehead atoms. The first-order chi connectivity index (χ1) is 14.9. The molecule has 3 aromatic rings. The van der Waals surface area contributed by atoms with Crippen LogP contribution in [0.15, 0.2) is 53.3 Å². The van der Waals surface area contributed by atoms with Crippen LogP contribution in [0.2, 0.25) is 0 Å². The summed E-state index contributed by atoms with van der Waals surface area (Å²) < 4.78 is 7.03. The molecule has 0 spiro atoms. The molecule has 0 unspecified atom stereocenters. The molecule has 160 valence electrons. The minimum Gasteiger partial charge on any atom is -0.449 e. The van der Waals surface area contributed by atoms with Crippen molar-refractivity contribution < 1.29 is 14.3 Å². The van der Waals surface area contributed by atoms with Gasteiger partial charge in [-0.2, -0.15) is 0 Å². The van der Waals surface area contributed by atoms with E-state index >= 15 is 0 Å². The quantitative estimate of drug-likeness (QED) is 0.621. The highest BCUT2D eigenvalue weighted by Gasteiger charge is 2.21. The first kappa shape index (κ1) is 20.8. The fourth-order valence-electron chi connectivity index (χ4n) is 3.79. The Bertz CT molecular complexity index is 1190.